The molecule has 2 unspecified atom stereocenters. The molecule has 2 aromatic carbocycles. The standard InChI is InChI=1S/C26H24F3N3O5S/c1-37-20-7-5-17(6-8-20)24(33)30-22-9-10-23-18-11-16(14-32(23)25(22)34)13-31(15-18)38(35,36)21-4-2-3-19(12-21)26(27,28)29/h2-10,12,16,18H,11,13-15H2,1H3,(H,30,33). The maximum atomic E-state index is 13.3. The molecule has 0 saturated carbocycles. The van der Waals surface area contributed by atoms with Crippen LogP contribution in [0.5, 0.6) is 5.75 Å². The number of nitrogens with one attached hydrogen (secondary N) is 1. The Morgan fingerprint density at radius 2 is 1.76 bits per heavy atom. The zero-order valence-corrected chi connectivity index (χ0v) is 21.1. The average Bonchev–Trinajstić information content (AvgIpc) is 2.90. The van der Waals surface area contributed by atoms with Crippen molar-refractivity contribution in [1.82, 2.24) is 8.87 Å². The van der Waals surface area contributed by atoms with Crippen LogP contribution in [0.15, 0.2) is 70.4 Å². The van der Waals surface area contributed by atoms with Crippen molar-refractivity contribution in [2.45, 2.75) is 30.0 Å². The van der Waals surface area contributed by atoms with Gasteiger partial charge in [0.05, 0.1) is 17.6 Å². The van der Waals surface area contributed by atoms with E-state index in [-0.39, 0.29) is 37.2 Å². The van der Waals surface area contributed by atoms with Crippen LogP contribution in [-0.2, 0) is 22.7 Å². The van der Waals surface area contributed by atoms with Crippen LogP contribution in [0.2, 0.25) is 0 Å². The fourth-order valence-electron chi connectivity index (χ4n) is 5.11. The summed E-state index contributed by atoms with van der Waals surface area (Å²) in [7, 11) is -2.67. The minimum atomic E-state index is -4.66. The molecule has 1 fully saturated rings. The van der Waals surface area contributed by atoms with Gasteiger partial charge in [0.15, 0.2) is 0 Å². The fraction of sp³-hybridized carbons (Fsp3) is 0.308. The van der Waals surface area contributed by atoms with Crippen LogP contribution >= 0.6 is 0 Å². The number of hydrogen-bond acceptors (Lipinski definition) is 5. The second-order valence-corrected chi connectivity index (χ2v) is 11.4. The van der Waals surface area contributed by atoms with Crippen molar-refractivity contribution in [3.05, 3.63) is 87.8 Å². The summed E-state index contributed by atoms with van der Waals surface area (Å²) in [6.07, 6.45) is -4.02. The maximum Gasteiger partial charge on any atom is 0.416 e. The van der Waals surface area contributed by atoms with Gasteiger partial charge in [0, 0.05) is 36.8 Å². The van der Waals surface area contributed by atoms with E-state index in [4.69, 9.17) is 4.74 Å². The molecule has 1 saturated heterocycles. The predicted octanol–water partition coefficient (Wildman–Crippen LogP) is 3.94. The number of fused-ring (bicyclic) bond motifs is 4. The number of piperidine rings is 1. The second-order valence-electron chi connectivity index (χ2n) is 9.42. The van der Waals surface area contributed by atoms with Crippen LogP contribution < -0.4 is 15.6 Å². The lowest BCUT2D eigenvalue weighted by atomic mass is 9.84. The third kappa shape index (κ3) is 4.81. The number of methoxy groups -OCH3 is 1. The number of halogens is 3. The molecule has 3 aromatic rings. The van der Waals surface area contributed by atoms with E-state index in [1.807, 2.05) is 0 Å². The van der Waals surface area contributed by atoms with Crippen LogP contribution in [-0.4, -0.2) is 43.4 Å². The second kappa shape index (κ2) is 9.59. The van der Waals surface area contributed by atoms with Gasteiger partial charge in [-0.05, 0) is 66.9 Å². The summed E-state index contributed by atoms with van der Waals surface area (Å²) in [6, 6.07) is 13.3. The number of anilines is 1. The molecule has 200 valence electrons. The molecule has 5 rings (SSSR count). The number of sulfonamides is 1. The van der Waals surface area contributed by atoms with Crippen LogP contribution in [0.1, 0.15) is 34.0 Å². The number of carbonyl (C=O) groups is 1. The molecule has 1 N–H and O–H groups in total. The number of pyridine rings is 1. The summed E-state index contributed by atoms with van der Waals surface area (Å²) in [4.78, 5) is 25.5. The number of nitrogens with zero attached hydrogens (tertiary/aromatic N) is 2. The number of rotatable bonds is 5. The molecule has 2 atom stereocenters. The summed E-state index contributed by atoms with van der Waals surface area (Å²) in [5, 5.41) is 2.64. The first-order chi connectivity index (χ1) is 18.0. The lowest BCUT2D eigenvalue weighted by molar-refractivity contribution is -0.137. The first kappa shape index (κ1) is 26.0. The average molecular weight is 548 g/mol. The minimum Gasteiger partial charge on any atom is -0.497 e. The van der Waals surface area contributed by atoms with E-state index >= 15 is 0 Å². The summed E-state index contributed by atoms with van der Waals surface area (Å²) >= 11 is 0. The molecular weight excluding hydrogens is 523 g/mol. The van der Waals surface area contributed by atoms with Gasteiger partial charge in [0.25, 0.3) is 11.5 Å². The topological polar surface area (TPSA) is 97.7 Å². The predicted molar refractivity (Wildman–Crippen MR) is 133 cm³/mol. The number of benzene rings is 2. The van der Waals surface area contributed by atoms with Gasteiger partial charge in [-0.1, -0.05) is 6.07 Å². The van der Waals surface area contributed by atoms with Gasteiger partial charge in [0.2, 0.25) is 10.0 Å². The first-order valence-corrected chi connectivity index (χ1v) is 13.3. The van der Waals surface area contributed by atoms with Gasteiger partial charge >= 0.3 is 6.18 Å². The Kier molecular flexibility index (Phi) is 6.56. The van der Waals surface area contributed by atoms with Gasteiger partial charge in [-0.2, -0.15) is 17.5 Å². The highest BCUT2D eigenvalue weighted by Gasteiger charge is 2.40. The SMILES string of the molecule is COc1ccc(C(=O)Nc2ccc3n(c2=O)CC2CC3CN(S(=O)(=O)c3cccc(C(F)(F)F)c3)C2)cc1. The van der Waals surface area contributed by atoms with Gasteiger partial charge in [-0.25, -0.2) is 8.42 Å². The zero-order valence-electron chi connectivity index (χ0n) is 20.2. The Balaban J connectivity index is 1.38. The number of alkyl halides is 3. The van der Waals surface area contributed by atoms with E-state index in [2.05, 4.69) is 5.32 Å². The van der Waals surface area contributed by atoms with Crippen molar-refractivity contribution in [1.29, 1.82) is 0 Å². The molecule has 0 radical (unpaired) electrons. The summed E-state index contributed by atoms with van der Waals surface area (Å²) in [6.45, 7) is 0.334. The molecule has 8 nitrogen and oxygen atoms in total. The van der Waals surface area contributed by atoms with Gasteiger partial charge in [-0.3, -0.25) is 9.59 Å². The van der Waals surface area contributed by atoms with E-state index in [9.17, 15) is 31.2 Å². The summed E-state index contributed by atoms with van der Waals surface area (Å²) in [5.74, 6) is -0.403. The third-order valence-electron chi connectivity index (χ3n) is 6.97. The highest BCUT2D eigenvalue weighted by molar-refractivity contribution is 7.89. The fourth-order valence-corrected chi connectivity index (χ4v) is 6.72. The summed E-state index contributed by atoms with van der Waals surface area (Å²) < 4.78 is 73.8. The lowest BCUT2D eigenvalue weighted by Gasteiger charge is -2.42. The molecule has 1 amide bonds. The van der Waals surface area contributed by atoms with Crippen LogP contribution in [0.25, 0.3) is 0 Å². The number of carbonyl (C=O) groups excluding carboxylic acids is 1. The van der Waals surface area contributed by atoms with Crippen molar-refractivity contribution in [2.24, 2.45) is 5.92 Å². The summed E-state index contributed by atoms with van der Waals surface area (Å²) in [5.41, 5.74) is -0.356. The molecule has 2 aliphatic rings. The molecule has 1 aromatic heterocycles. The molecule has 3 heterocycles. The number of aromatic nitrogens is 1. The minimum absolute atomic E-state index is 0.0338. The molecule has 0 spiro atoms. The van der Waals surface area contributed by atoms with Gasteiger partial charge in [-0.15, -0.1) is 0 Å². The quantitative estimate of drug-likeness (QED) is 0.522. The van der Waals surface area contributed by atoms with Gasteiger partial charge in [0.1, 0.15) is 11.4 Å². The van der Waals surface area contributed by atoms with Crippen molar-refractivity contribution in [2.75, 3.05) is 25.5 Å². The Hall–Kier alpha value is -3.64. The van der Waals surface area contributed by atoms with E-state index in [1.54, 1.807) is 34.9 Å². The molecule has 12 heteroatoms. The smallest absolute Gasteiger partial charge is 0.416 e. The van der Waals surface area contributed by atoms with Crippen LogP contribution in [0, 0.1) is 5.92 Å². The maximum absolute atomic E-state index is 13.3. The zero-order chi connectivity index (χ0) is 27.2. The van der Waals surface area contributed by atoms with Crippen molar-refractivity contribution < 1.29 is 31.1 Å². The number of ether oxygens (including phenoxy) is 1. The van der Waals surface area contributed by atoms with Crippen LogP contribution in [0.3, 0.4) is 0 Å². The lowest BCUT2D eigenvalue weighted by Crippen LogP contribution is -2.49. The molecular formula is C26H24F3N3O5S. The Morgan fingerprint density at radius 3 is 2.45 bits per heavy atom. The van der Waals surface area contributed by atoms with Crippen molar-refractivity contribution in [3.63, 3.8) is 0 Å². The van der Waals surface area contributed by atoms with Gasteiger partial charge < -0.3 is 14.6 Å². The highest BCUT2D eigenvalue weighted by atomic mass is 32.2. The Bertz CT molecular complexity index is 1550. The van der Waals surface area contributed by atoms with E-state index < -0.39 is 38.1 Å². The van der Waals surface area contributed by atoms with Crippen molar-refractivity contribution in [3.8, 4) is 5.75 Å². The highest BCUT2D eigenvalue weighted by Crippen LogP contribution is 2.38. The Labute approximate surface area is 216 Å². The molecule has 2 aliphatic heterocycles. The number of amides is 1. The van der Waals surface area contributed by atoms with E-state index in [0.717, 1.165) is 18.2 Å². The first-order valence-electron chi connectivity index (χ1n) is 11.8. The van der Waals surface area contributed by atoms with E-state index in [0.29, 0.717) is 29.5 Å². The molecule has 38 heavy (non-hydrogen) atoms. The normalized spacial score (nSPS) is 19.5. The third-order valence-corrected chi connectivity index (χ3v) is 8.80. The van der Waals surface area contributed by atoms with Crippen LogP contribution in [0.4, 0.5) is 18.9 Å². The monoisotopic (exact) mass is 547 g/mol. The Morgan fingerprint density at radius 1 is 1.03 bits per heavy atom. The molecule has 0 aliphatic carbocycles. The largest absolute Gasteiger partial charge is 0.497 e. The number of hydrogen-bond donors (Lipinski definition) is 1. The van der Waals surface area contributed by atoms with E-state index in [1.165, 1.54) is 17.5 Å². The molecule has 2 bridgehead atoms. The van der Waals surface area contributed by atoms with Crippen molar-refractivity contribution >= 4 is 21.6 Å².